The Bertz CT molecular complexity index is 1310. The molecular weight excluding hydrogens is 436 g/mol. The molecule has 4 aromatic rings. The summed E-state index contributed by atoms with van der Waals surface area (Å²) in [5, 5.41) is 5.84. The van der Waals surface area contributed by atoms with Gasteiger partial charge in [-0.05, 0) is 30.7 Å². The minimum absolute atomic E-state index is 0.0861. The highest BCUT2D eigenvalue weighted by molar-refractivity contribution is 7.91. The Balaban J connectivity index is 1.36. The number of fused-ring (bicyclic) bond motifs is 1. The van der Waals surface area contributed by atoms with Gasteiger partial charge in [0.1, 0.15) is 5.69 Å². The summed E-state index contributed by atoms with van der Waals surface area (Å²) in [4.78, 5) is 16.9. The standard InChI is InChI=1S/C22H20N2O5S2/c1-28-18-10-5-7-15-13-19(29-21(15)18)17-14-30-22(23-17)24-20(25)11-6-12-31(26,27)16-8-3-2-4-9-16/h2-5,7-10,13-14H,6,11-12H2,1H3,(H,23,24,25). The third-order valence-electron chi connectivity index (χ3n) is 4.65. The molecule has 0 bridgehead atoms. The molecule has 0 unspecified atom stereocenters. The van der Waals surface area contributed by atoms with E-state index in [0.717, 1.165) is 5.39 Å². The van der Waals surface area contributed by atoms with Crippen LogP contribution in [0.4, 0.5) is 5.13 Å². The van der Waals surface area contributed by atoms with Gasteiger partial charge in [-0.1, -0.05) is 30.3 Å². The van der Waals surface area contributed by atoms with Gasteiger partial charge in [-0.25, -0.2) is 13.4 Å². The second-order valence-corrected chi connectivity index (χ2v) is 9.78. The zero-order valence-electron chi connectivity index (χ0n) is 16.7. The van der Waals surface area contributed by atoms with Crippen molar-refractivity contribution >= 4 is 43.2 Å². The number of rotatable bonds is 8. The lowest BCUT2D eigenvalue weighted by molar-refractivity contribution is -0.116. The fraction of sp³-hybridized carbons (Fsp3) is 0.182. The maximum absolute atomic E-state index is 12.3. The molecule has 2 aromatic heterocycles. The fourth-order valence-electron chi connectivity index (χ4n) is 3.12. The van der Waals surface area contributed by atoms with E-state index >= 15 is 0 Å². The number of sulfone groups is 1. The van der Waals surface area contributed by atoms with Crippen LogP contribution >= 0.6 is 11.3 Å². The smallest absolute Gasteiger partial charge is 0.226 e. The molecule has 2 aromatic carbocycles. The van der Waals surface area contributed by atoms with Crippen molar-refractivity contribution in [3.63, 3.8) is 0 Å². The predicted molar refractivity (Wildman–Crippen MR) is 120 cm³/mol. The number of benzene rings is 2. The number of para-hydroxylation sites is 1. The molecule has 7 nitrogen and oxygen atoms in total. The highest BCUT2D eigenvalue weighted by Gasteiger charge is 2.16. The number of carbonyl (C=O) groups excluding carboxylic acids is 1. The van der Waals surface area contributed by atoms with E-state index in [4.69, 9.17) is 9.15 Å². The summed E-state index contributed by atoms with van der Waals surface area (Å²) in [6.07, 6.45) is 0.313. The van der Waals surface area contributed by atoms with E-state index in [9.17, 15) is 13.2 Å². The first-order chi connectivity index (χ1) is 15.0. The molecule has 9 heteroatoms. The Hall–Kier alpha value is -3.17. The highest BCUT2D eigenvalue weighted by Crippen LogP contribution is 2.34. The van der Waals surface area contributed by atoms with Gasteiger partial charge in [0.15, 0.2) is 32.1 Å². The van der Waals surface area contributed by atoms with Gasteiger partial charge < -0.3 is 14.5 Å². The number of nitrogens with zero attached hydrogens (tertiary/aromatic N) is 1. The Kier molecular flexibility index (Phi) is 6.06. The summed E-state index contributed by atoms with van der Waals surface area (Å²) in [5.41, 5.74) is 1.24. The van der Waals surface area contributed by atoms with Crippen molar-refractivity contribution in [1.29, 1.82) is 0 Å². The summed E-state index contributed by atoms with van der Waals surface area (Å²) in [6.45, 7) is 0. The summed E-state index contributed by atoms with van der Waals surface area (Å²) < 4.78 is 35.8. The normalized spacial score (nSPS) is 11.5. The number of hydrogen-bond acceptors (Lipinski definition) is 7. The third kappa shape index (κ3) is 4.78. The lowest BCUT2D eigenvalue weighted by Gasteiger charge is -2.04. The Morgan fingerprint density at radius 2 is 1.97 bits per heavy atom. The van der Waals surface area contributed by atoms with Crippen molar-refractivity contribution in [3.8, 4) is 17.2 Å². The maximum Gasteiger partial charge on any atom is 0.226 e. The monoisotopic (exact) mass is 456 g/mol. The molecule has 0 saturated heterocycles. The molecule has 160 valence electrons. The number of thiazole rings is 1. The van der Waals surface area contributed by atoms with Crippen LogP contribution in [0.2, 0.25) is 0 Å². The van der Waals surface area contributed by atoms with Crippen LogP contribution < -0.4 is 10.1 Å². The molecule has 31 heavy (non-hydrogen) atoms. The maximum atomic E-state index is 12.3. The number of furan rings is 1. The molecule has 0 atom stereocenters. The molecule has 0 radical (unpaired) electrons. The number of nitrogens with one attached hydrogen (secondary N) is 1. The summed E-state index contributed by atoms with van der Waals surface area (Å²) in [5.74, 6) is 0.840. The predicted octanol–water partition coefficient (Wildman–Crippen LogP) is 4.76. The SMILES string of the molecule is COc1cccc2cc(-c3csc(NC(=O)CCCS(=O)(=O)c4ccccc4)n3)oc12. The molecule has 1 amide bonds. The van der Waals surface area contributed by atoms with Crippen molar-refractivity contribution in [2.75, 3.05) is 18.2 Å². The van der Waals surface area contributed by atoms with Crippen molar-refractivity contribution in [2.45, 2.75) is 17.7 Å². The zero-order chi connectivity index (χ0) is 21.8. The second-order valence-electron chi connectivity index (χ2n) is 6.81. The minimum atomic E-state index is -3.39. The van der Waals surface area contributed by atoms with Gasteiger partial charge in [-0.15, -0.1) is 11.3 Å². The van der Waals surface area contributed by atoms with E-state index in [0.29, 0.717) is 27.9 Å². The van der Waals surface area contributed by atoms with E-state index in [2.05, 4.69) is 10.3 Å². The largest absolute Gasteiger partial charge is 0.493 e. The first-order valence-corrected chi connectivity index (χ1v) is 12.1. The van der Waals surface area contributed by atoms with Crippen LogP contribution in [0.15, 0.2) is 69.3 Å². The Morgan fingerprint density at radius 1 is 1.16 bits per heavy atom. The van der Waals surface area contributed by atoms with Gasteiger partial charge in [-0.2, -0.15) is 0 Å². The van der Waals surface area contributed by atoms with Crippen LogP contribution in [0.3, 0.4) is 0 Å². The van der Waals surface area contributed by atoms with Gasteiger partial charge in [0, 0.05) is 17.2 Å². The number of methoxy groups -OCH3 is 1. The topological polar surface area (TPSA) is 98.5 Å². The Morgan fingerprint density at radius 3 is 2.74 bits per heavy atom. The van der Waals surface area contributed by atoms with Gasteiger partial charge in [0.2, 0.25) is 5.91 Å². The first kappa shape index (κ1) is 21.1. The zero-order valence-corrected chi connectivity index (χ0v) is 18.3. The fourth-order valence-corrected chi connectivity index (χ4v) is 5.17. The van der Waals surface area contributed by atoms with E-state index < -0.39 is 9.84 Å². The van der Waals surface area contributed by atoms with E-state index in [-0.39, 0.29) is 29.4 Å². The molecule has 0 saturated carbocycles. The van der Waals surface area contributed by atoms with E-state index in [1.165, 1.54) is 11.3 Å². The molecule has 0 fully saturated rings. The third-order valence-corrected chi connectivity index (χ3v) is 7.22. The lowest BCUT2D eigenvalue weighted by atomic mass is 10.2. The molecular formula is C22H20N2O5S2. The van der Waals surface area contributed by atoms with Crippen LogP contribution in [0.5, 0.6) is 5.75 Å². The van der Waals surface area contributed by atoms with Gasteiger partial charge in [-0.3, -0.25) is 4.79 Å². The number of aromatic nitrogens is 1. The first-order valence-electron chi connectivity index (χ1n) is 9.56. The van der Waals surface area contributed by atoms with Crippen LogP contribution in [0.1, 0.15) is 12.8 Å². The number of ether oxygens (including phenoxy) is 1. The van der Waals surface area contributed by atoms with E-state index in [1.807, 2.05) is 24.3 Å². The van der Waals surface area contributed by atoms with Gasteiger partial charge in [0.25, 0.3) is 0 Å². The van der Waals surface area contributed by atoms with Crippen LogP contribution in [-0.2, 0) is 14.6 Å². The number of hydrogen-bond donors (Lipinski definition) is 1. The summed E-state index contributed by atoms with van der Waals surface area (Å²) >= 11 is 1.28. The van der Waals surface area contributed by atoms with Crippen molar-refractivity contribution in [3.05, 3.63) is 60.0 Å². The molecule has 0 aliphatic heterocycles. The van der Waals surface area contributed by atoms with Crippen molar-refractivity contribution < 1.29 is 22.4 Å². The van der Waals surface area contributed by atoms with Crippen LogP contribution in [0.25, 0.3) is 22.4 Å². The second kappa shape index (κ2) is 8.91. The molecule has 1 N–H and O–H groups in total. The average Bonchev–Trinajstić information content (AvgIpc) is 3.40. The van der Waals surface area contributed by atoms with Gasteiger partial charge >= 0.3 is 0 Å². The average molecular weight is 457 g/mol. The quantitative estimate of drug-likeness (QED) is 0.411. The minimum Gasteiger partial charge on any atom is -0.493 e. The highest BCUT2D eigenvalue weighted by atomic mass is 32.2. The Labute approximate surface area is 183 Å². The molecule has 2 heterocycles. The van der Waals surface area contributed by atoms with Crippen LogP contribution in [-0.4, -0.2) is 32.2 Å². The molecule has 0 aliphatic carbocycles. The van der Waals surface area contributed by atoms with Crippen molar-refractivity contribution in [2.24, 2.45) is 0 Å². The van der Waals surface area contributed by atoms with Crippen molar-refractivity contribution in [1.82, 2.24) is 4.98 Å². The van der Waals surface area contributed by atoms with E-state index in [1.54, 1.807) is 42.8 Å². The summed E-state index contributed by atoms with van der Waals surface area (Å²) in [7, 11) is -1.81. The van der Waals surface area contributed by atoms with Gasteiger partial charge in [0.05, 0.1) is 17.8 Å². The summed E-state index contributed by atoms with van der Waals surface area (Å²) in [6, 6.07) is 15.7. The number of carbonyl (C=O) groups is 1. The molecule has 4 rings (SSSR count). The lowest BCUT2D eigenvalue weighted by Crippen LogP contribution is -2.14. The van der Waals surface area contributed by atoms with Crippen LogP contribution in [0, 0.1) is 0 Å². The number of anilines is 1. The molecule has 0 spiro atoms. The molecule has 0 aliphatic rings. The number of amides is 1.